The maximum absolute atomic E-state index is 12.0. The predicted molar refractivity (Wildman–Crippen MR) is 76.8 cm³/mol. The molecule has 2 saturated carbocycles. The number of hydrogen-bond acceptors (Lipinski definition) is 1. The normalized spacial score (nSPS) is 30.1. The molecule has 2 aliphatic rings. The Morgan fingerprint density at radius 2 is 1.63 bits per heavy atom. The van der Waals surface area contributed by atoms with E-state index in [2.05, 4.69) is 12.2 Å². The molecule has 0 aliphatic heterocycles. The third-order valence-electron chi connectivity index (χ3n) is 4.98. The zero-order valence-electron chi connectivity index (χ0n) is 12.0. The van der Waals surface area contributed by atoms with Crippen LogP contribution >= 0.6 is 0 Å². The molecule has 2 heteroatoms. The highest BCUT2D eigenvalue weighted by molar-refractivity contribution is 5.79. The van der Waals surface area contributed by atoms with E-state index in [1.165, 1.54) is 25.7 Å². The van der Waals surface area contributed by atoms with Gasteiger partial charge in [0.1, 0.15) is 5.78 Å². The fourth-order valence-electron chi connectivity index (χ4n) is 3.73. The van der Waals surface area contributed by atoms with Crippen LogP contribution in [0.2, 0.25) is 0 Å². The first-order valence-corrected chi connectivity index (χ1v) is 8.04. The van der Waals surface area contributed by atoms with Gasteiger partial charge in [-0.3, -0.25) is 9.18 Å². The van der Waals surface area contributed by atoms with Crippen LogP contribution in [0.4, 0.5) is 4.39 Å². The fraction of sp³-hybridized carbons (Fsp3) is 0.824. The summed E-state index contributed by atoms with van der Waals surface area (Å²) in [7, 11) is 0. The highest BCUT2D eigenvalue weighted by Gasteiger charge is 2.29. The molecule has 0 spiro atoms. The Bertz CT molecular complexity index is 292. The summed E-state index contributed by atoms with van der Waals surface area (Å²) in [6.07, 6.45) is 15.2. The molecular formula is C17H27FO. The van der Waals surface area contributed by atoms with Crippen LogP contribution in [0, 0.1) is 17.8 Å². The first kappa shape index (κ1) is 14.7. The molecule has 2 aliphatic carbocycles. The van der Waals surface area contributed by atoms with Crippen LogP contribution in [0.3, 0.4) is 0 Å². The zero-order valence-corrected chi connectivity index (χ0v) is 12.0. The molecule has 0 amide bonds. The van der Waals surface area contributed by atoms with Gasteiger partial charge in [0.2, 0.25) is 0 Å². The first-order chi connectivity index (χ1) is 9.29. The zero-order chi connectivity index (χ0) is 13.5. The Balaban J connectivity index is 1.67. The molecule has 0 heterocycles. The van der Waals surface area contributed by atoms with Gasteiger partial charge in [0.25, 0.3) is 0 Å². The van der Waals surface area contributed by atoms with Crippen molar-refractivity contribution < 1.29 is 9.18 Å². The lowest BCUT2D eigenvalue weighted by molar-refractivity contribution is -0.121. The second kappa shape index (κ2) is 7.81. The largest absolute Gasteiger partial charge is 0.300 e. The second-order valence-electron chi connectivity index (χ2n) is 6.31. The van der Waals surface area contributed by atoms with Crippen LogP contribution < -0.4 is 0 Å². The number of rotatable bonds is 5. The number of Topliss-reactive ketones (excluding diaryl/α,β-unsaturated/α-hetero) is 1. The summed E-state index contributed by atoms with van der Waals surface area (Å²) < 4.78 is 12.0. The van der Waals surface area contributed by atoms with Crippen LogP contribution in [-0.4, -0.2) is 12.5 Å². The van der Waals surface area contributed by atoms with E-state index in [4.69, 9.17) is 0 Å². The Morgan fingerprint density at radius 3 is 2.26 bits per heavy atom. The average molecular weight is 266 g/mol. The van der Waals surface area contributed by atoms with Crippen molar-refractivity contribution in [3.63, 3.8) is 0 Å². The number of hydrogen-bond donors (Lipinski definition) is 0. The van der Waals surface area contributed by atoms with Gasteiger partial charge in [-0.15, -0.1) is 0 Å². The van der Waals surface area contributed by atoms with Crippen LogP contribution in [0.5, 0.6) is 0 Å². The van der Waals surface area contributed by atoms with Crippen molar-refractivity contribution >= 4 is 5.78 Å². The maximum Gasteiger partial charge on any atom is 0.132 e. The van der Waals surface area contributed by atoms with Crippen molar-refractivity contribution in [1.29, 1.82) is 0 Å². The minimum absolute atomic E-state index is 0.197. The summed E-state index contributed by atoms with van der Waals surface area (Å²) in [6, 6.07) is 0. The van der Waals surface area contributed by atoms with Gasteiger partial charge in [-0.2, -0.15) is 0 Å². The molecule has 0 N–H and O–H groups in total. The van der Waals surface area contributed by atoms with Crippen LogP contribution in [0.25, 0.3) is 0 Å². The number of ketones is 1. The van der Waals surface area contributed by atoms with Gasteiger partial charge >= 0.3 is 0 Å². The third kappa shape index (κ3) is 4.74. The Kier molecular flexibility index (Phi) is 6.06. The smallest absolute Gasteiger partial charge is 0.132 e. The summed E-state index contributed by atoms with van der Waals surface area (Å²) in [6.45, 7) is -0.197. The van der Waals surface area contributed by atoms with E-state index in [0.717, 1.165) is 49.9 Å². The Labute approximate surface area is 116 Å². The molecule has 0 saturated heterocycles. The van der Waals surface area contributed by atoms with Gasteiger partial charge in [-0.05, 0) is 69.1 Å². The SMILES string of the molecule is O=C1CCC(C2CCC(/C=C/CCCF)CC2)CC1. The highest BCUT2D eigenvalue weighted by atomic mass is 19.1. The molecule has 0 radical (unpaired) electrons. The number of allylic oxidation sites excluding steroid dienone is 2. The monoisotopic (exact) mass is 266 g/mol. The van der Waals surface area contributed by atoms with Crippen molar-refractivity contribution in [1.82, 2.24) is 0 Å². The molecule has 1 nitrogen and oxygen atoms in total. The summed E-state index contributed by atoms with van der Waals surface area (Å²) in [5.41, 5.74) is 0. The van der Waals surface area contributed by atoms with E-state index in [9.17, 15) is 9.18 Å². The van der Waals surface area contributed by atoms with Crippen molar-refractivity contribution in [2.45, 2.75) is 64.2 Å². The van der Waals surface area contributed by atoms with E-state index in [0.29, 0.717) is 12.2 Å². The lowest BCUT2D eigenvalue weighted by atomic mass is 9.71. The Morgan fingerprint density at radius 1 is 1.00 bits per heavy atom. The van der Waals surface area contributed by atoms with E-state index in [1.54, 1.807) is 0 Å². The second-order valence-corrected chi connectivity index (χ2v) is 6.31. The standard InChI is InChI=1S/C17H27FO/c18-13-3-1-2-4-14-5-7-15(8-6-14)16-9-11-17(19)12-10-16/h2,4,14-16H,1,3,5-13H2/b4-2+. The fourth-order valence-corrected chi connectivity index (χ4v) is 3.73. The molecule has 0 bridgehead atoms. The van der Waals surface area contributed by atoms with Gasteiger partial charge in [-0.1, -0.05) is 12.2 Å². The van der Waals surface area contributed by atoms with Gasteiger partial charge in [0.05, 0.1) is 6.67 Å². The molecule has 0 atom stereocenters. The lowest BCUT2D eigenvalue weighted by Gasteiger charge is -2.34. The van der Waals surface area contributed by atoms with E-state index in [1.807, 2.05) is 0 Å². The first-order valence-electron chi connectivity index (χ1n) is 8.04. The van der Waals surface area contributed by atoms with E-state index < -0.39 is 0 Å². The molecule has 108 valence electrons. The summed E-state index contributed by atoms with van der Waals surface area (Å²) in [5, 5.41) is 0. The molecule has 0 unspecified atom stereocenters. The number of alkyl halides is 1. The van der Waals surface area contributed by atoms with Crippen LogP contribution in [0.1, 0.15) is 64.2 Å². The number of halogens is 1. The molecule has 0 aromatic carbocycles. The van der Waals surface area contributed by atoms with Crippen LogP contribution in [-0.2, 0) is 4.79 Å². The number of carbonyl (C=O) groups excluding carboxylic acids is 1. The van der Waals surface area contributed by atoms with E-state index in [-0.39, 0.29) is 6.67 Å². The topological polar surface area (TPSA) is 17.1 Å². The summed E-state index contributed by atoms with van der Waals surface area (Å²) in [4.78, 5) is 11.3. The van der Waals surface area contributed by atoms with Gasteiger partial charge < -0.3 is 0 Å². The number of unbranched alkanes of at least 4 members (excludes halogenated alkanes) is 1. The van der Waals surface area contributed by atoms with Crippen molar-refractivity contribution in [2.75, 3.05) is 6.67 Å². The quantitative estimate of drug-likeness (QED) is 0.513. The predicted octanol–water partition coefficient (Wildman–Crippen LogP) is 4.86. The molecule has 19 heavy (non-hydrogen) atoms. The van der Waals surface area contributed by atoms with Crippen molar-refractivity contribution in [2.24, 2.45) is 17.8 Å². The van der Waals surface area contributed by atoms with Crippen molar-refractivity contribution in [3.8, 4) is 0 Å². The number of carbonyl (C=O) groups is 1. The lowest BCUT2D eigenvalue weighted by Crippen LogP contribution is -2.25. The highest BCUT2D eigenvalue weighted by Crippen LogP contribution is 2.39. The van der Waals surface area contributed by atoms with E-state index >= 15 is 0 Å². The van der Waals surface area contributed by atoms with Gasteiger partial charge in [0, 0.05) is 12.8 Å². The maximum atomic E-state index is 12.0. The Hall–Kier alpha value is -0.660. The molecule has 0 aromatic rings. The molecule has 2 fully saturated rings. The summed E-state index contributed by atoms with van der Waals surface area (Å²) in [5.74, 6) is 2.87. The minimum atomic E-state index is -0.197. The molecule has 2 rings (SSSR count). The minimum Gasteiger partial charge on any atom is -0.300 e. The molecule has 0 aromatic heterocycles. The average Bonchev–Trinajstić information content (AvgIpc) is 2.45. The summed E-state index contributed by atoms with van der Waals surface area (Å²) >= 11 is 0. The third-order valence-corrected chi connectivity index (χ3v) is 4.98. The van der Waals surface area contributed by atoms with Crippen LogP contribution in [0.15, 0.2) is 12.2 Å². The van der Waals surface area contributed by atoms with Gasteiger partial charge in [-0.25, -0.2) is 0 Å². The van der Waals surface area contributed by atoms with Crippen molar-refractivity contribution in [3.05, 3.63) is 12.2 Å². The molecular weight excluding hydrogens is 239 g/mol. The van der Waals surface area contributed by atoms with Gasteiger partial charge in [0.15, 0.2) is 0 Å².